The largest absolute Gasteiger partial charge is 0.326 e. The number of halogens is 1. The average molecular weight is 343 g/mol. The number of hydrogen-bond donors (Lipinski definition) is 3. The van der Waals surface area contributed by atoms with Crippen LogP contribution in [-0.2, 0) is 9.59 Å². The summed E-state index contributed by atoms with van der Waals surface area (Å²) < 4.78 is 0. The lowest BCUT2D eigenvalue weighted by Gasteiger charge is -2.21. The van der Waals surface area contributed by atoms with Gasteiger partial charge in [0.1, 0.15) is 6.04 Å². The lowest BCUT2D eigenvalue weighted by atomic mass is 10.1. The topological polar surface area (TPSA) is 82.6 Å². The first kappa shape index (κ1) is 16.0. The zero-order valence-electron chi connectivity index (χ0n) is 12.6. The van der Waals surface area contributed by atoms with E-state index >= 15 is 0 Å². The van der Waals surface area contributed by atoms with Crippen LogP contribution in [0.4, 0.5) is 11.4 Å². The van der Waals surface area contributed by atoms with E-state index in [1.165, 1.54) is 0 Å². The van der Waals surface area contributed by atoms with Gasteiger partial charge >= 0.3 is 0 Å². The highest BCUT2D eigenvalue weighted by atomic mass is 35.5. The highest BCUT2D eigenvalue weighted by Crippen LogP contribution is 2.21. The number of amides is 2. The second kappa shape index (κ2) is 7.14. The summed E-state index contributed by atoms with van der Waals surface area (Å²) in [7, 11) is 0. The number of hydrogen-bond acceptors (Lipinski definition) is 4. The van der Waals surface area contributed by atoms with Crippen molar-refractivity contribution >= 4 is 40.7 Å². The molecule has 2 amide bonds. The summed E-state index contributed by atoms with van der Waals surface area (Å²) in [5.74, 6) is -0.412. The Labute approximate surface area is 143 Å². The Kier molecular flexibility index (Phi) is 4.77. The molecule has 6 nitrogen and oxygen atoms in total. The number of anilines is 2. The lowest BCUT2D eigenvalue weighted by Crippen LogP contribution is -2.45. The molecular formula is C17H15ClN4O2. The summed E-state index contributed by atoms with van der Waals surface area (Å²) in [6.45, 7) is 0. The number of benzene rings is 2. The second-order valence-corrected chi connectivity index (χ2v) is 5.61. The number of guanidine groups is 1. The molecule has 7 heteroatoms. The van der Waals surface area contributed by atoms with Crippen molar-refractivity contribution in [2.75, 3.05) is 10.6 Å². The van der Waals surface area contributed by atoms with Crippen LogP contribution in [0, 0.1) is 0 Å². The van der Waals surface area contributed by atoms with Crippen LogP contribution in [0.2, 0.25) is 5.02 Å². The van der Waals surface area contributed by atoms with Crippen LogP contribution in [0.3, 0.4) is 0 Å². The van der Waals surface area contributed by atoms with Gasteiger partial charge in [-0.05, 0) is 24.3 Å². The molecular weight excluding hydrogens is 328 g/mol. The Morgan fingerprint density at radius 2 is 1.83 bits per heavy atom. The van der Waals surface area contributed by atoms with Crippen LogP contribution in [0.1, 0.15) is 6.42 Å². The van der Waals surface area contributed by atoms with Gasteiger partial charge in [-0.2, -0.15) is 0 Å². The fraction of sp³-hybridized carbons (Fsp3) is 0.118. The maximum atomic E-state index is 12.4. The first-order valence-corrected chi connectivity index (χ1v) is 7.75. The Balaban J connectivity index is 1.74. The van der Waals surface area contributed by atoms with Crippen molar-refractivity contribution < 1.29 is 9.59 Å². The van der Waals surface area contributed by atoms with Crippen LogP contribution in [0.5, 0.6) is 0 Å². The van der Waals surface area contributed by atoms with Crippen LogP contribution >= 0.6 is 11.6 Å². The number of nitrogens with zero attached hydrogens (tertiary/aromatic N) is 1. The summed E-state index contributed by atoms with van der Waals surface area (Å²) in [6.07, 6.45) is -0.0176. The van der Waals surface area contributed by atoms with E-state index in [1.54, 1.807) is 24.3 Å². The van der Waals surface area contributed by atoms with Gasteiger partial charge in [0.2, 0.25) is 17.8 Å². The predicted molar refractivity (Wildman–Crippen MR) is 94.1 cm³/mol. The molecule has 1 aliphatic heterocycles. The fourth-order valence-electron chi connectivity index (χ4n) is 2.24. The van der Waals surface area contributed by atoms with Gasteiger partial charge in [0.15, 0.2) is 0 Å². The van der Waals surface area contributed by atoms with Crippen molar-refractivity contribution in [3.8, 4) is 0 Å². The first-order chi connectivity index (χ1) is 11.6. The molecule has 0 bridgehead atoms. The second-order valence-electron chi connectivity index (χ2n) is 5.21. The number of rotatable bonds is 3. The highest BCUT2D eigenvalue weighted by molar-refractivity contribution is 6.33. The van der Waals surface area contributed by atoms with Crippen LogP contribution in [0.25, 0.3) is 0 Å². The highest BCUT2D eigenvalue weighted by Gasteiger charge is 2.27. The van der Waals surface area contributed by atoms with Crippen molar-refractivity contribution in [3.63, 3.8) is 0 Å². The summed E-state index contributed by atoms with van der Waals surface area (Å²) in [5.41, 5.74) is 1.26. The predicted octanol–water partition coefficient (Wildman–Crippen LogP) is 2.64. The van der Waals surface area contributed by atoms with E-state index in [0.717, 1.165) is 5.69 Å². The maximum absolute atomic E-state index is 12.4. The zero-order valence-corrected chi connectivity index (χ0v) is 13.4. The molecule has 24 heavy (non-hydrogen) atoms. The lowest BCUT2D eigenvalue weighted by molar-refractivity contribution is -0.124. The van der Waals surface area contributed by atoms with Gasteiger partial charge in [-0.25, -0.2) is 4.99 Å². The van der Waals surface area contributed by atoms with E-state index < -0.39 is 6.04 Å². The quantitative estimate of drug-likeness (QED) is 0.802. The minimum atomic E-state index is -0.818. The smallest absolute Gasteiger partial charge is 0.249 e. The molecule has 0 aliphatic carbocycles. The van der Waals surface area contributed by atoms with Crippen molar-refractivity contribution in [1.82, 2.24) is 5.32 Å². The van der Waals surface area contributed by atoms with E-state index in [-0.39, 0.29) is 24.2 Å². The molecule has 0 spiro atoms. The summed E-state index contributed by atoms with van der Waals surface area (Å²) in [4.78, 5) is 28.5. The molecule has 0 fully saturated rings. The first-order valence-electron chi connectivity index (χ1n) is 7.37. The standard InChI is InChI=1S/C17H15ClN4O2/c18-12-8-4-5-9-13(12)20-16(24)14-10-15(23)22-17(21-14)19-11-6-2-1-3-7-11/h1-9,14H,10H2,(H,20,24)(H2,19,21,22,23)/t14-/m1/s1. The minimum Gasteiger partial charge on any atom is -0.326 e. The van der Waals surface area contributed by atoms with E-state index in [2.05, 4.69) is 20.9 Å². The third-order valence-corrected chi connectivity index (χ3v) is 3.72. The number of aliphatic imine (C=N–C) groups is 1. The molecule has 3 rings (SSSR count). The van der Waals surface area contributed by atoms with E-state index in [0.29, 0.717) is 10.7 Å². The van der Waals surface area contributed by atoms with Gasteiger partial charge in [0, 0.05) is 5.69 Å². The Morgan fingerprint density at radius 3 is 2.58 bits per heavy atom. The molecule has 0 saturated carbocycles. The molecule has 2 aromatic carbocycles. The van der Waals surface area contributed by atoms with E-state index in [9.17, 15) is 9.59 Å². The Hall–Kier alpha value is -2.86. The number of carbonyl (C=O) groups excluding carboxylic acids is 2. The number of nitrogens with one attached hydrogen (secondary N) is 3. The van der Waals surface area contributed by atoms with Gasteiger partial charge in [-0.3, -0.25) is 14.9 Å². The Morgan fingerprint density at radius 1 is 1.12 bits per heavy atom. The molecule has 1 atom stereocenters. The van der Waals surface area contributed by atoms with Gasteiger partial charge in [0.25, 0.3) is 0 Å². The normalized spacial score (nSPS) is 16.8. The molecule has 0 aromatic heterocycles. The van der Waals surface area contributed by atoms with Gasteiger partial charge in [0.05, 0.1) is 17.1 Å². The van der Waals surface area contributed by atoms with Gasteiger partial charge in [-0.15, -0.1) is 0 Å². The molecule has 122 valence electrons. The maximum Gasteiger partial charge on any atom is 0.249 e. The molecule has 0 saturated heterocycles. The van der Waals surface area contributed by atoms with E-state index in [4.69, 9.17) is 11.6 Å². The van der Waals surface area contributed by atoms with Gasteiger partial charge in [-0.1, -0.05) is 41.9 Å². The molecule has 3 N–H and O–H groups in total. The Bertz CT molecular complexity index is 792. The SMILES string of the molecule is O=C1C[C@H](C(=O)Nc2ccccc2Cl)N=C(Nc2ccccc2)N1. The zero-order chi connectivity index (χ0) is 16.9. The minimum absolute atomic E-state index is 0.0176. The van der Waals surface area contributed by atoms with Crippen molar-refractivity contribution in [1.29, 1.82) is 0 Å². The monoisotopic (exact) mass is 342 g/mol. The summed E-state index contributed by atoms with van der Waals surface area (Å²) >= 11 is 6.03. The van der Waals surface area contributed by atoms with Crippen molar-refractivity contribution in [3.05, 3.63) is 59.6 Å². The molecule has 1 heterocycles. The third-order valence-electron chi connectivity index (χ3n) is 3.39. The molecule has 1 aliphatic rings. The summed E-state index contributed by atoms with van der Waals surface area (Å²) in [5, 5.41) is 8.73. The van der Waals surface area contributed by atoms with Crippen molar-refractivity contribution in [2.24, 2.45) is 4.99 Å². The van der Waals surface area contributed by atoms with E-state index in [1.807, 2.05) is 30.3 Å². The van der Waals surface area contributed by atoms with Crippen molar-refractivity contribution in [2.45, 2.75) is 12.5 Å². The van der Waals surface area contributed by atoms with Crippen LogP contribution in [-0.4, -0.2) is 23.8 Å². The molecule has 0 radical (unpaired) electrons. The number of para-hydroxylation sites is 2. The molecule has 2 aromatic rings. The van der Waals surface area contributed by atoms with Crippen LogP contribution < -0.4 is 16.0 Å². The fourth-order valence-corrected chi connectivity index (χ4v) is 2.43. The third kappa shape index (κ3) is 3.91. The summed E-state index contributed by atoms with van der Waals surface area (Å²) in [6, 6.07) is 15.3. The number of carbonyl (C=O) groups is 2. The van der Waals surface area contributed by atoms with Gasteiger partial charge < -0.3 is 10.6 Å². The van der Waals surface area contributed by atoms with Crippen LogP contribution in [0.15, 0.2) is 59.6 Å². The average Bonchev–Trinajstić information content (AvgIpc) is 2.57. The molecule has 0 unspecified atom stereocenters.